The van der Waals surface area contributed by atoms with Crippen molar-refractivity contribution in [2.75, 3.05) is 26.2 Å². The molecule has 6 nitrogen and oxygen atoms in total. The van der Waals surface area contributed by atoms with Crippen LogP contribution in [0.1, 0.15) is 22.4 Å². The number of aliphatic imine (C=N–C) groups is 1. The van der Waals surface area contributed by atoms with Gasteiger partial charge in [-0.2, -0.15) is 13.2 Å². The van der Waals surface area contributed by atoms with Gasteiger partial charge in [-0.05, 0) is 19.9 Å². The number of hydrogen-bond acceptors (Lipinski definition) is 5. The van der Waals surface area contributed by atoms with Crippen LogP contribution in [-0.4, -0.2) is 42.2 Å². The number of halogens is 4. The summed E-state index contributed by atoms with van der Waals surface area (Å²) in [6.07, 6.45) is -1.21. The molecule has 0 bridgehead atoms. The van der Waals surface area contributed by atoms with Gasteiger partial charge in [0.1, 0.15) is 11.6 Å². The Morgan fingerprint density at radius 3 is 2.68 bits per heavy atom. The maximum Gasteiger partial charge on any atom is 0.417 e. The number of alkyl halides is 3. The van der Waals surface area contributed by atoms with Crippen LogP contribution in [0.2, 0.25) is 5.02 Å². The van der Waals surface area contributed by atoms with Crippen molar-refractivity contribution in [1.29, 1.82) is 0 Å². The predicted molar refractivity (Wildman–Crippen MR) is 104 cm³/mol. The lowest BCUT2D eigenvalue weighted by Crippen LogP contribution is -2.39. The highest BCUT2D eigenvalue weighted by Gasteiger charge is 2.31. The average Bonchev–Trinajstić information content (AvgIpc) is 3.04. The minimum Gasteiger partial charge on any atom is -0.475 e. The summed E-state index contributed by atoms with van der Waals surface area (Å²) < 4.78 is 43.2. The fraction of sp³-hybridized carbons (Fsp3) is 0.471. The number of aryl methyl sites for hydroxylation is 1. The molecule has 0 amide bonds. The first-order chi connectivity index (χ1) is 13.3. The lowest BCUT2D eigenvalue weighted by atomic mass is 10.3. The molecule has 11 heteroatoms. The summed E-state index contributed by atoms with van der Waals surface area (Å²) in [6.45, 7) is 5.76. The first kappa shape index (κ1) is 22.2. The highest BCUT2D eigenvalue weighted by Crippen LogP contribution is 2.32. The molecule has 0 saturated carbocycles. The lowest BCUT2D eigenvalue weighted by Gasteiger charge is -2.13. The topological polar surface area (TPSA) is 71.4 Å². The van der Waals surface area contributed by atoms with Gasteiger partial charge in [0.2, 0.25) is 5.88 Å². The Morgan fingerprint density at radius 2 is 2.07 bits per heavy atom. The van der Waals surface area contributed by atoms with Crippen LogP contribution in [0.4, 0.5) is 13.2 Å². The lowest BCUT2D eigenvalue weighted by molar-refractivity contribution is -0.137. The molecule has 0 aliphatic rings. The van der Waals surface area contributed by atoms with Gasteiger partial charge in [0.15, 0.2) is 5.96 Å². The monoisotopic (exact) mass is 435 g/mol. The largest absolute Gasteiger partial charge is 0.475 e. The molecule has 28 heavy (non-hydrogen) atoms. The minimum atomic E-state index is -4.49. The van der Waals surface area contributed by atoms with Crippen molar-refractivity contribution in [2.45, 2.75) is 26.4 Å². The SMILES string of the molecule is CCNC(=NCCc1ncc(C)s1)NCCOc1ncc(C(F)(F)F)cc1Cl. The first-order valence-electron chi connectivity index (χ1n) is 8.58. The second-order valence-corrected chi connectivity index (χ2v) is 7.39. The molecule has 0 saturated heterocycles. The highest BCUT2D eigenvalue weighted by molar-refractivity contribution is 7.11. The normalized spacial score (nSPS) is 12.1. The van der Waals surface area contributed by atoms with E-state index in [-0.39, 0.29) is 17.5 Å². The third-order valence-corrected chi connectivity index (χ3v) is 4.62. The molecular formula is C17H21ClF3N5OS. The third-order valence-electron chi connectivity index (χ3n) is 3.38. The van der Waals surface area contributed by atoms with E-state index < -0.39 is 11.7 Å². The molecular weight excluding hydrogens is 415 g/mol. The quantitative estimate of drug-likeness (QED) is 0.376. The number of thiazole rings is 1. The van der Waals surface area contributed by atoms with Gasteiger partial charge in [0.25, 0.3) is 0 Å². The van der Waals surface area contributed by atoms with Crippen LogP contribution in [0.25, 0.3) is 0 Å². The number of rotatable bonds is 8. The summed E-state index contributed by atoms with van der Waals surface area (Å²) in [5.74, 6) is 0.573. The number of ether oxygens (including phenoxy) is 1. The van der Waals surface area contributed by atoms with Crippen LogP contribution in [0.3, 0.4) is 0 Å². The summed E-state index contributed by atoms with van der Waals surface area (Å²) in [6, 6.07) is 0.795. The molecule has 2 rings (SSSR count). The maximum atomic E-state index is 12.6. The van der Waals surface area contributed by atoms with Gasteiger partial charge in [-0.15, -0.1) is 11.3 Å². The Morgan fingerprint density at radius 1 is 1.29 bits per heavy atom. The molecule has 0 aliphatic carbocycles. The van der Waals surface area contributed by atoms with Gasteiger partial charge in [0, 0.05) is 36.8 Å². The Hall–Kier alpha value is -2.07. The van der Waals surface area contributed by atoms with Crippen molar-refractivity contribution >= 4 is 28.9 Å². The van der Waals surface area contributed by atoms with Crippen LogP contribution >= 0.6 is 22.9 Å². The second-order valence-electron chi connectivity index (χ2n) is 5.66. The molecule has 0 atom stereocenters. The molecule has 0 aliphatic heterocycles. The second kappa shape index (κ2) is 10.5. The van der Waals surface area contributed by atoms with Crippen molar-refractivity contribution < 1.29 is 17.9 Å². The zero-order valence-corrected chi connectivity index (χ0v) is 17.0. The number of nitrogens with one attached hydrogen (secondary N) is 2. The summed E-state index contributed by atoms with van der Waals surface area (Å²) in [7, 11) is 0. The number of aromatic nitrogens is 2. The molecule has 0 radical (unpaired) electrons. The zero-order chi connectivity index (χ0) is 20.6. The minimum absolute atomic E-state index is 0.0439. The Balaban J connectivity index is 1.80. The number of guanidine groups is 1. The Kier molecular flexibility index (Phi) is 8.31. The standard InChI is InChI=1S/C17H21ClF3N5OS/c1-3-22-16(23-5-4-14-25-9-11(2)28-14)24-6-7-27-15-13(18)8-12(10-26-15)17(19,20)21/h8-10H,3-7H2,1-2H3,(H2,22,23,24). The average molecular weight is 436 g/mol. The van der Waals surface area contributed by atoms with E-state index in [1.165, 1.54) is 0 Å². The summed E-state index contributed by atoms with van der Waals surface area (Å²) in [4.78, 5) is 13.5. The van der Waals surface area contributed by atoms with E-state index in [1.807, 2.05) is 20.0 Å². The van der Waals surface area contributed by atoms with Gasteiger partial charge in [-0.25, -0.2) is 9.97 Å². The highest BCUT2D eigenvalue weighted by atomic mass is 35.5. The van der Waals surface area contributed by atoms with Crippen molar-refractivity contribution in [2.24, 2.45) is 4.99 Å². The van der Waals surface area contributed by atoms with E-state index in [0.29, 0.717) is 31.8 Å². The van der Waals surface area contributed by atoms with Gasteiger partial charge < -0.3 is 15.4 Å². The number of hydrogen-bond donors (Lipinski definition) is 2. The van der Waals surface area contributed by atoms with E-state index in [2.05, 4.69) is 25.6 Å². The van der Waals surface area contributed by atoms with Crippen molar-refractivity contribution in [1.82, 2.24) is 20.6 Å². The van der Waals surface area contributed by atoms with Gasteiger partial charge >= 0.3 is 6.18 Å². The molecule has 2 N–H and O–H groups in total. The number of nitrogens with zero attached hydrogens (tertiary/aromatic N) is 3. The van der Waals surface area contributed by atoms with Crippen LogP contribution < -0.4 is 15.4 Å². The molecule has 2 aromatic heterocycles. The molecule has 154 valence electrons. The van der Waals surface area contributed by atoms with Crippen LogP contribution in [0, 0.1) is 6.92 Å². The van der Waals surface area contributed by atoms with E-state index in [1.54, 1.807) is 11.3 Å². The summed E-state index contributed by atoms with van der Waals surface area (Å²) in [5, 5.41) is 7.04. The molecule has 0 aromatic carbocycles. The number of pyridine rings is 1. The van der Waals surface area contributed by atoms with Gasteiger partial charge in [-0.3, -0.25) is 4.99 Å². The predicted octanol–water partition coefficient (Wildman–Crippen LogP) is 3.70. The Bertz CT molecular complexity index is 797. The zero-order valence-electron chi connectivity index (χ0n) is 15.4. The molecule has 0 spiro atoms. The van der Waals surface area contributed by atoms with Crippen LogP contribution in [-0.2, 0) is 12.6 Å². The van der Waals surface area contributed by atoms with Crippen molar-refractivity contribution in [3.8, 4) is 5.88 Å². The van der Waals surface area contributed by atoms with E-state index in [9.17, 15) is 13.2 Å². The summed E-state index contributed by atoms with van der Waals surface area (Å²) >= 11 is 7.45. The molecule has 0 unspecified atom stereocenters. The molecule has 2 aromatic rings. The van der Waals surface area contributed by atoms with Gasteiger partial charge in [-0.1, -0.05) is 11.6 Å². The maximum absolute atomic E-state index is 12.6. The smallest absolute Gasteiger partial charge is 0.417 e. The fourth-order valence-electron chi connectivity index (χ4n) is 2.13. The van der Waals surface area contributed by atoms with Crippen molar-refractivity contribution in [3.05, 3.63) is 38.9 Å². The van der Waals surface area contributed by atoms with Crippen molar-refractivity contribution in [3.63, 3.8) is 0 Å². The Labute approximate surface area is 170 Å². The summed E-state index contributed by atoms with van der Waals surface area (Å²) in [5.41, 5.74) is -0.917. The van der Waals surface area contributed by atoms with Crippen LogP contribution in [0.15, 0.2) is 23.5 Å². The van der Waals surface area contributed by atoms with Gasteiger partial charge in [0.05, 0.1) is 17.1 Å². The van der Waals surface area contributed by atoms with Crippen LogP contribution in [0.5, 0.6) is 5.88 Å². The van der Waals surface area contributed by atoms with E-state index >= 15 is 0 Å². The van der Waals surface area contributed by atoms with E-state index in [0.717, 1.165) is 22.4 Å². The first-order valence-corrected chi connectivity index (χ1v) is 9.78. The third kappa shape index (κ3) is 7.16. The van der Waals surface area contributed by atoms with E-state index in [4.69, 9.17) is 16.3 Å². The molecule has 0 fully saturated rings. The fourth-order valence-corrected chi connectivity index (χ4v) is 3.12. The molecule has 2 heterocycles.